The molecule has 2 aromatic rings. The molecule has 8 heteroatoms. The number of carbonyl (C=O) groups excluding carboxylic acids is 2. The number of rotatable bonds is 8. The minimum atomic E-state index is -1.44. The molecule has 0 fully saturated rings. The molecule has 0 bridgehead atoms. The van der Waals surface area contributed by atoms with Gasteiger partial charge in [0.05, 0.1) is 0 Å². The number of carbonyl (C=O) groups is 3. The van der Waals surface area contributed by atoms with Crippen molar-refractivity contribution >= 4 is 34.6 Å². The van der Waals surface area contributed by atoms with Gasteiger partial charge in [-0.1, -0.05) is 30.3 Å². The van der Waals surface area contributed by atoms with Crippen LogP contribution >= 0.6 is 0 Å². The van der Waals surface area contributed by atoms with E-state index in [2.05, 4.69) is 5.32 Å². The maximum atomic E-state index is 12.9. The Labute approximate surface area is 201 Å². The highest BCUT2D eigenvalue weighted by Crippen LogP contribution is 2.39. The lowest BCUT2D eigenvalue weighted by Crippen LogP contribution is -2.42. The van der Waals surface area contributed by atoms with Crippen molar-refractivity contribution in [3.63, 3.8) is 0 Å². The zero-order chi connectivity index (χ0) is 24.1. The Balaban J connectivity index is 1.35. The van der Waals surface area contributed by atoms with E-state index in [0.29, 0.717) is 17.7 Å². The van der Waals surface area contributed by atoms with Gasteiger partial charge in [0.2, 0.25) is 0 Å². The number of fused-ring (bicyclic) bond motifs is 2. The third kappa shape index (κ3) is 5.69. The number of hydrogen-bond acceptors (Lipinski definition) is 5. The van der Waals surface area contributed by atoms with Gasteiger partial charge < -0.3 is 19.7 Å². The second-order valence-corrected chi connectivity index (χ2v) is 10.1. The molecule has 2 unspecified atom stereocenters. The Hall–Kier alpha value is -3.10. The first kappa shape index (κ1) is 24.0. The molecular weight excluding hydrogens is 454 g/mol. The molecule has 0 heterocycles. The fraction of sp³-hybridized carbons (Fsp3) is 0.346. The third-order valence-electron chi connectivity index (χ3n) is 6.24. The predicted molar refractivity (Wildman–Crippen MR) is 128 cm³/mol. The molecule has 34 heavy (non-hydrogen) atoms. The van der Waals surface area contributed by atoms with Gasteiger partial charge in [0.25, 0.3) is 0 Å². The van der Waals surface area contributed by atoms with Crippen molar-refractivity contribution in [1.29, 1.82) is 0 Å². The highest BCUT2D eigenvalue weighted by Gasteiger charge is 2.28. The van der Waals surface area contributed by atoms with Crippen LogP contribution in [-0.2, 0) is 38.5 Å². The fourth-order valence-corrected chi connectivity index (χ4v) is 5.65. The van der Waals surface area contributed by atoms with Gasteiger partial charge in [-0.3, -0.25) is 4.79 Å². The van der Waals surface area contributed by atoms with Crippen LogP contribution in [0.2, 0.25) is 0 Å². The summed E-state index contributed by atoms with van der Waals surface area (Å²) in [4.78, 5) is 36.7. The van der Waals surface area contributed by atoms with Crippen LogP contribution in [0.4, 0.5) is 4.79 Å². The van der Waals surface area contributed by atoms with Gasteiger partial charge in [0.1, 0.15) is 18.4 Å². The Morgan fingerprint density at radius 1 is 1.06 bits per heavy atom. The Kier molecular flexibility index (Phi) is 7.70. The van der Waals surface area contributed by atoms with E-state index >= 15 is 0 Å². The van der Waals surface area contributed by atoms with Crippen LogP contribution in [0.5, 0.6) is 0 Å². The summed E-state index contributed by atoms with van der Waals surface area (Å²) in [5, 5.41) is 11.8. The van der Waals surface area contributed by atoms with Gasteiger partial charge in [-0.2, -0.15) is 0 Å². The van der Waals surface area contributed by atoms with Crippen molar-refractivity contribution in [3.05, 3.63) is 70.8 Å². The number of nitrogens with one attached hydrogen (secondary N) is 1. The molecule has 2 atom stereocenters. The number of carboxylic acids is 1. The van der Waals surface area contributed by atoms with E-state index in [1.807, 2.05) is 30.3 Å². The zero-order valence-electron chi connectivity index (χ0n) is 18.7. The van der Waals surface area contributed by atoms with Crippen molar-refractivity contribution < 1.29 is 28.8 Å². The number of allylic oxidation sites excluding steroid dienone is 2. The quantitative estimate of drug-likeness (QED) is 0.550. The maximum Gasteiger partial charge on any atom is 0.408 e. The molecule has 0 radical (unpaired) electrons. The maximum absolute atomic E-state index is 12.9. The number of aryl methyl sites for hydroxylation is 1. The lowest BCUT2D eigenvalue weighted by atomic mass is 9.98. The second-order valence-electron chi connectivity index (χ2n) is 8.49. The highest BCUT2D eigenvalue weighted by atomic mass is 32.2. The molecule has 2 aliphatic rings. The minimum Gasteiger partial charge on any atom is -0.611 e. The number of ketones is 1. The average Bonchev–Trinajstić information content (AvgIpc) is 3.29. The van der Waals surface area contributed by atoms with Crippen molar-refractivity contribution in [1.82, 2.24) is 5.32 Å². The summed E-state index contributed by atoms with van der Waals surface area (Å²) >= 11 is -1.44. The first-order chi connectivity index (χ1) is 16.4. The largest absolute Gasteiger partial charge is 0.611 e. The summed E-state index contributed by atoms with van der Waals surface area (Å²) in [6, 6.07) is 13.5. The molecule has 0 saturated carbocycles. The van der Waals surface area contributed by atoms with Crippen LogP contribution in [0, 0.1) is 0 Å². The van der Waals surface area contributed by atoms with E-state index in [1.165, 1.54) is 0 Å². The van der Waals surface area contributed by atoms with E-state index in [9.17, 15) is 24.0 Å². The van der Waals surface area contributed by atoms with Gasteiger partial charge in [0.15, 0.2) is 10.7 Å². The smallest absolute Gasteiger partial charge is 0.408 e. The van der Waals surface area contributed by atoms with Crippen LogP contribution in [0.1, 0.15) is 48.8 Å². The standard InChI is InChI=1S/C26H27NO6S/c28-24-12-9-18-15-19(10-11-20(18)21-7-4-8-22(21)24)34(32)14-13-23(25(29)30)27-26(31)33-16-17-5-2-1-3-6-17/h1-3,5-6,10-11,15,23H,4,7-9,12-14,16H2,(H,27,31)(H,29,30). The predicted octanol–water partition coefficient (Wildman–Crippen LogP) is 4.02. The molecule has 178 valence electrons. The van der Waals surface area contributed by atoms with Crippen LogP contribution in [-0.4, -0.2) is 39.3 Å². The highest BCUT2D eigenvalue weighted by molar-refractivity contribution is 7.91. The molecule has 2 aliphatic carbocycles. The van der Waals surface area contributed by atoms with Crippen LogP contribution in [0.15, 0.2) is 59.0 Å². The number of aliphatic carboxylic acids is 1. The van der Waals surface area contributed by atoms with E-state index in [1.54, 1.807) is 18.2 Å². The van der Waals surface area contributed by atoms with Crippen LogP contribution in [0.3, 0.4) is 0 Å². The van der Waals surface area contributed by atoms with E-state index in [-0.39, 0.29) is 24.6 Å². The molecule has 0 saturated heterocycles. The fourth-order valence-electron chi connectivity index (χ4n) is 4.47. The number of benzene rings is 2. The Morgan fingerprint density at radius 2 is 1.82 bits per heavy atom. The molecule has 0 spiro atoms. The summed E-state index contributed by atoms with van der Waals surface area (Å²) in [5.74, 6) is -0.933. The third-order valence-corrected chi connectivity index (χ3v) is 7.62. The molecule has 4 rings (SSSR count). The number of ether oxygens (including phenoxy) is 1. The number of hydrogen-bond donors (Lipinski definition) is 2. The molecule has 1 amide bonds. The number of amides is 1. The average molecular weight is 482 g/mol. The minimum absolute atomic E-state index is 0.00669. The summed E-state index contributed by atoms with van der Waals surface area (Å²) in [7, 11) is 0. The van der Waals surface area contributed by atoms with E-state index in [4.69, 9.17) is 4.74 Å². The summed E-state index contributed by atoms with van der Waals surface area (Å²) < 4.78 is 18.0. The van der Waals surface area contributed by atoms with Crippen LogP contribution in [0.25, 0.3) is 5.57 Å². The lowest BCUT2D eigenvalue weighted by Gasteiger charge is -2.17. The van der Waals surface area contributed by atoms with Gasteiger partial charge in [-0.05, 0) is 82.9 Å². The lowest BCUT2D eigenvalue weighted by molar-refractivity contribution is -0.139. The van der Waals surface area contributed by atoms with Gasteiger partial charge in [-0.15, -0.1) is 0 Å². The van der Waals surface area contributed by atoms with E-state index < -0.39 is 29.3 Å². The van der Waals surface area contributed by atoms with Gasteiger partial charge in [0, 0.05) is 12.8 Å². The van der Waals surface area contributed by atoms with Crippen molar-refractivity contribution in [3.8, 4) is 0 Å². The summed E-state index contributed by atoms with van der Waals surface area (Å²) in [6.45, 7) is 0.0285. The van der Waals surface area contributed by atoms with Crippen molar-refractivity contribution in [2.45, 2.75) is 56.1 Å². The molecule has 2 aromatic carbocycles. The van der Waals surface area contributed by atoms with Gasteiger partial charge in [-0.25, -0.2) is 9.59 Å². The first-order valence-electron chi connectivity index (χ1n) is 11.4. The Morgan fingerprint density at radius 3 is 2.59 bits per heavy atom. The zero-order valence-corrected chi connectivity index (χ0v) is 19.6. The monoisotopic (exact) mass is 481 g/mol. The molecular formula is C26H27NO6S. The SMILES string of the molecule is O=C(NC(CC[S+]([O-])c1ccc2c(c1)CCC(=O)C1=C2CCC1)C(=O)O)OCc1ccccc1. The van der Waals surface area contributed by atoms with E-state index in [0.717, 1.165) is 47.1 Å². The summed E-state index contributed by atoms with van der Waals surface area (Å²) in [6.07, 6.45) is 2.93. The first-order valence-corrected chi connectivity index (χ1v) is 12.7. The van der Waals surface area contributed by atoms with Gasteiger partial charge >= 0.3 is 12.1 Å². The molecule has 0 aromatic heterocycles. The van der Waals surface area contributed by atoms with Crippen molar-refractivity contribution in [2.24, 2.45) is 0 Å². The number of alkyl carbamates (subject to hydrolysis) is 1. The molecule has 7 nitrogen and oxygen atoms in total. The topological polar surface area (TPSA) is 116 Å². The number of carboxylic acid groups (broad SMARTS) is 1. The normalized spacial score (nSPS) is 16.8. The summed E-state index contributed by atoms with van der Waals surface area (Å²) in [5.41, 5.74) is 4.95. The van der Waals surface area contributed by atoms with Crippen molar-refractivity contribution in [2.75, 3.05) is 5.75 Å². The van der Waals surface area contributed by atoms with Crippen LogP contribution < -0.4 is 5.32 Å². The molecule has 0 aliphatic heterocycles. The second kappa shape index (κ2) is 10.9. The Bertz CT molecular complexity index is 1110. The molecule has 2 N–H and O–H groups in total. The number of Topliss-reactive ketones (excluding diaryl/α,β-unsaturated/α-hetero) is 1.